The van der Waals surface area contributed by atoms with Gasteiger partial charge in [0, 0.05) is 12.1 Å². The van der Waals surface area contributed by atoms with Gasteiger partial charge in [0.25, 0.3) is 0 Å². The van der Waals surface area contributed by atoms with Gasteiger partial charge in [0.2, 0.25) is 0 Å². The number of methoxy groups -OCH3 is 1. The summed E-state index contributed by atoms with van der Waals surface area (Å²) in [4.78, 5) is 0. The van der Waals surface area contributed by atoms with Gasteiger partial charge >= 0.3 is 0 Å². The number of rotatable bonds is 7. The summed E-state index contributed by atoms with van der Waals surface area (Å²) in [5.74, 6) is 2.29. The van der Waals surface area contributed by atoms with E-state index >= 15 is 0 Å². The van der Waals surface area contributed by atoms with Gasteiger partial charge in [-0.2, -0.15) is 0 Å². The van der Waals surface area contributed by atoms with Crippen molar-refractivity contribution in [2.45, 2.75) is 77.8 Å². The molecule has 4 aliphatic carbocycles. The van der Waals surface area contributed by atoms with Crippen molar-refractivity contribution in [3.8, 4) is 11.5 Å². The molecule has 4 saturated carbocycles. The van der Waals surface area contributed by atoms with Gasteiger partial charge in [-0.25, -0.2) is 0 Å². The number of halogens is 1. The van der Waals surface area contributed by atoms with Crippen LogP contribution < -0.4 is 14.8 Å². The number of hydrogen-bond acceptors (Lipinski definition) is 3. The highest BCUT2D eigenvalue weighted by molar-refractivity contribution is 6.32. The average molecular weight is 392 g/mol. The molecule has 4 fully saturated rings. The first kappa shape index (κ1) is 19.4. The molecule has 1 N–H and O–H groups in total. The molecule has 0 spiro atoms. The van der Waals surface area contributed by atoms with Crippen molar-refractivity contribution in [3.63, 3.8) is 0 Å². The van der Waals surface area contributed by atoms with Gasteiger partial charge in [0.05, 0.1) is 18.7 Å². The van der Waals surface area contributed by atoms with E-state index in [1.54, 1.807) is 7.11 Å². The highest BCUT2D eigenvalue weighted by atomic mass is 35.5. The van der Waals surface area contributed by atoms with Crippen LogP contribution in [0.4, 0.5) is 0 Å². The molecule has 1 aromatic carbocycles. The molecule has 4 bridgehead atoms. The number of hydrogen-bond donors (Lipinski definition) is 1. The zero-order valence-corrected chi connectivity index (χ0v) is 18.0. The van der Waals surface area contributed by atoms with Crippen LogP contribution in [0.25, 0.3) is 0 Å². The molecule has 4 aliphatic rings. The van der Waals surface area contributed by atoms with Crippen molar-refractivity contribution in [1.82, 2.24) is 5.32 Å². The molecule has 3 nitrogen and oxygen atoms in total. The molecular weight excluding hydrogens is 358 g/mol. The predicted octanol–water partition coefficient (Wildman–Crippen LogP) is 5.98. The molecule has 0 aromatic heterocycles. The smallest absolute Gasteiger partial charge is 0.179 e. The summed E-state index contributed by atoms with van der Waals surface area (Å²) in [5, 5.41) is 4.62. The lowest BCUT2D eigenvalue weighted by molar-refractivity contribution is -0.118. The Hall–Kier alpha value is -0.930. The van der Waals surface area contributed by atoms with Gasteiger partial charge < -0.3 is 14.8 Å². The van der Waals surface area contributed by atoms with Crippen LogP contribution in [-0.4, -0.2) is 19.3 Å². The minimum Gasteiger partial charge on any atom is -0.493 e. The third kappa shape index (κ3) is 3.70. The van der Waals surface area contributed by atoms with Gasteiger partial charge in [0.15, 0.2) is 11.5 Å². The summed E-state index contributed by atoms with van der Waals surface area (Å²) in [7, 11) is 1.68. The van der Waals surface area contributed by atoms with E-state index in [1.165, 1.54) is 44.1 Å². The van der Waals surface area contributed by atoms with E-state index in [0.717, 1.165) is 24.6 Å². The molecule has 0 aliphatic heterocycles. The van der Waals surface area contributed by atoms with E-state index in [4.69, 9.17) is 21.1 Å². The van der Waals surface area contributed by atoms with Gasteiger partial charge in [-0.1, -0.05) is 32.4 Å². The summed E-state index contributed by atoms with van der Waals surface area (Å²) >= 11 is 6.52. The van der Waals surface area contributed by atoms with Gasteiger partial charge in [0.1, 0.15) is 0 Å². The van der Waals surface area contributed by atoms with Crippen LogP contribution in [0.5, 0.6) is 11.5 Å². The van der Waals surface area contributed by atoms with Gasteiger partial charge in [-0.15, -0.1) is 0 Å². The summed E-state index contributed by atoms with van der Waals surface area (Å²) in [6, 6.07) is 4.11. The van der Waals surface area contributed by atoms with Crippen LogP contribution in [0.3, 0.4) is 0 Å². The molecule has 0 heterocycles. The minimum absolute atomic E-state index is 0.292. The lowest BCUT2D eigenvalue weighted by atomic mass is 9.43. The Bertz CT molecular complexity index is 701. The minimum atomic E-state index is 0.292. The average Bonchev–Trinajstić information content (AvgIpc) is 2.55. The maximum atomic E-state index is 6.52. The van der Waals surface area contributed by atoms with E-state index < -0.39 is 0 Å². The third-order valence-corrected chi connectivity index (χ3v) is 7.31. The van der Waals surface area contributed by atoms with Crippen LogP contribution in [0.2, 0.25) is 5.02 Å². The van der Waals surface area contributed by atoms with Crippen LogP contribution in [0.15, 0.2) is 12.1 Å². The highest BCUT2D eigenvalue weighted by Gasteiger charge is 2.59. The number of benzene rings is 1. The van der Waals surface area contributed by atoms with Crippen LogP contribution in [-0.2, 0) is 6.54 Å². The normalized spacial score (nSPS) is 36.9. The highest BCUT2D eigenvalue weighted by Crippen LogP contribution is 2.66. The second-order valence-corrected chi connectivity index (χ2v) is 10.6. The fraction of sp³-hybridized carbons (Fsp3) is 0.739. The van der Waals surface area contributed by atoms with Crippen LogP contribution in [0.1, 0.15) is 71.3 Å². The monoisotopic (exact) mass is 391 g/mol. The molecule has 0 amide bonds. The SMILES string of the molecule is CCCOc1c(Cl)cc(CNC23CC4C[C@@](C)(C2)C[C@](C)(C4)C3)cc1OC. The fourth-order valence-corrected chi connectivity index (χ4v) is 7.44. The summed E-state index contributed by atoms with van der Waals surface area (Å²) in [5.41, 5.74) is 2.51. The summed E-state index contributed by atoms with van der Waals surface area (Å²) in [6.45, 7) is 8.61. The molecule has 27 heavy (non-hydrogen) atoms. The molecule has 1 aromatic rings. The number of ether oxygens (including phenoxy) is 2. The molecule has 4 heteroatoms. The maximum Gasteiger partial charge on any atom is 0.179 e. The lowest BCUT2D eigenvalue weighted by Gasteiger charge is -2.65. The van der Waals surface area contributed by atoms with Crippen molar-refractivity contribution in [1.29, 1.82) is 0 Å². The first-order valence-corrected chi connectivity index (χ1v) is 10.9. The van der Waals surface area contributed by atoms with Crippen LogP contribution >= 0.6 is 11.6 Å². The zero-order chi connectivity index (χ0) is 19.3. The first-order chi connectivity index (χ1) is 12.8. The molecule has 0 saturated heterocycles. The van der Waals surface area contributed by atoms with E-state index in [2.05, 4.69) is 32.2 Å². The van der Waals surface area contributed by atoms with E-state index in [-0.39, 0.29) is 0 Å². The molecule has 150 valence electrons. The Kier molecular flexibility index (Phi) is 4.91. The molecular formula is C23H34ClNO2. The Morgan fingerprint density at radius 3 is 2.41 bits per heavy atom. The first-order valence-electron chi connectivity index (χ1n) is 10.5. The Morgan fingerprint density at radius 1 is 1.11 bits per heavy atom. The molecule has 5 rings (SSSR count). The zero-order valence-electron chi connectivity index (χ0n) is 17.3. The Morgan fingerprint density at radius 2 is 1.81 bits per heavy atom. The van der Waals surface area contributed by atoms with Crippen molar-refractivity contribution >= 4 is 11.6 Å². The molecule has 4 atom stereocenters. The third-order valence-electron chi connectivity index (χ3n) is 7.03. The second kappa shape index (κ2) is 6.84. The van der Waals surface area contributed by atoms with Crippen molar-refractivity contribution < 1.29 is 9.47 Å². The van der Waals surface area contributed by atoms with E-state index in [1.807, 2.05) is 6.07 Å². The van der Waals surface area contributed by atoms with Crippen molar-refractivity contribution in [3.05, 3.63) is 22.7 Å². The maximum absolute atomic E-state index is 6.52. The van der Waals surface area contributed by atoms with Crippen molar-refractivity contribution in [2.75, 3.05) is 13.7 Å². The van der Waals surface area contributed by atoms with E-state index in [9.17, 15) is 0 Å². The van der Waals surface area contributed by atoms with Crippen LogP contribution in [0, 0.1) is 16.7 Å². The van der Waals surface area contributed by atoms with E-state index in [0.29, 0.717) is 33.7 Å². The quantitative estimate of drug-likeness (QED) is 0.620. The van der Waals surface area contributed by atoms with Gasteiger partial charge in [-0.3, -0.25) is 0 Å². The summed E-state index contributed by atoms with van der Waals surface area (Å²) in [6.07, 6.45) is 9.17. The Balaban J connectivity index is 1.51. The molecule has 2 unspecified atom stereocenters. The fourth-order valence-electron chi connectivity index (χ4n) is 7.15. The lowest BCUT2D eigenvalue weighted by Crippen LogP contribution is -2.63. The number of nitrogens with one attached hydrogen (secondary N) is 1. The second-order valence-electron chi connectivity index (χ2n) is 10.2. The summed E-state index contributed by atoms with van der Waals surface area (Å²) < 4.78 is 11.3. The standard InChI is InChI=1S/C23H34ClNO2/c1-5-6-27-20-18(24)7-16(8-19(20)26-4)12-25-23-11-17-9-21(2,14-23)13-22(3,10-17)15-23/h7-8,17,25H,5-6,9-15H2,1-4H3/t17?,21-,22+,23?. The predicted molar refractivity (Wildman–Crippen MR) is 111 cm³/mol. The van der Waals surface area contributed by atoms with Gasteiger partial charge in [-0.05, 0) is 79.4 Å². The van der Waals surface area contributed by atoms with Crippen molar-refractivity contribution in [2.24, 2.45) is 16.7 Å². The largest absolute Gasteiger partial charge is 0.493 e. The Labute approximate surface area is 169 Å². The topological polar surface area (TPSA) is 30.5 Å². The molecule has 0 radical (unpaired) electrons.